The van der Waals surface area contributed by atoms with Crippen LogP contribution in [0.25, 0.3) is 0 Å². The molecule has 1 aromatic heterocycles. The summed E-state index contributed by atoms with van der Waals surface area (Å²) in [5.74, 6) is 0.699. The number of hydrogen-bond donors (Lipinski definition) is 0. The van der Waals surface area contributed by atoms with Crippen LogP contribution in [0.5, 0.6) is 5.88 Å². The fourth-order valence-electron chi connectivity index (χ4n) is 0.994. The van der Waals surface area contributed by atoms with E-state index in [9.17, 15) is 0 Å². The van der Waals surface area contributed by atoms with E-state index in [1.54, 1.807) is 0 Å². The largest absolute Gasteiger partial charge is 0.472 e. The highest BCUT2D eigenvalue weighted by Crippen LogP contribution is 2.15. The Morgan fingerprint density at radius 1 is 1.31 bits per heavy atom. The van der Waals surface area contributed by atoms with E-state index in [0.717, 1.165) is 6.42 Å². The predicted molar refractivity (Wildman–Crippen MR) is 54.0 cm³/mol. The van der Waals surface area contributed by atoms with Crippen LogP contribution in [0.4, 0.5) is 0 Å². The van der Waals surface area contributed by atoms with Crippen molar-refractivity contribution in [1.82, 2.24) is 4.98 Å². The van der Waals surface area contributed by atoms with Crippen molar-refractivity contribution in [2.75, 3.05) is 0 Å². The van der Waals surface area contributed by atoms with Gasteiger partial charge in [-0.2, -0.15) is 0 Å². The van der Waals surface area contributed by atoms with Crippen LogP contribution < -0.4 is 4.74 Å². The Labute approximate surface area is 80.0 Å². The third-order valence-electron chi connectivity index (χ3n) is 1.62. The van der Waals surface area contributed by atoms with Crippen molar-refractivity contribution in [3.8, 4) is 5.88 Å². The van der Waals surface area contributed by atoms with Crippen LogP contribution in [-0.2, 0) is 6.42 Å². The summed E-state index contributed by atoms with van der Waals surface area (Å²) in [4.78, 5) is 4.21. The van der Waals surface area contributed by atoms with Crippen LogP contribution in [0.1, 0.15) is 33.3 Å². The van der Waals surface area contributed by atoms with E-state index in [1.807, 2.05) is 39.1 Å². The SMILES string of the molecule is CCc1ccc(OC(C)(C)C)nc1. The quantitative estimate of drug-likeness (QED) is 0.696. The normalized spacial score (nSPS) is 11.4. The minimum Gasteiger partial charge on any atom is -0.472 e. The number of pyridine rings is 1. The Bertz CT molecular complexity index is 258. The highest BCUT2D eigenvalue weighted by Gasteiger charge is 2.11. The molecule has 2 heteroatoms. The van der Waals surface area contributed by atoms with Crippen LogP contribution in [0.2, 0.25) is 0 Å². The fourth-order valence-corrected chi connectivity index (χ4v) is 0.994. The van der Waals surface area contributed by atoms with Crippen LogP contribution in [0.3, 0.4) is 0 Å². The molecule has 0 aliphatic carbocycles. The Morgan fingerprint density at radius 2 is 2.00 bits per heavy atom. The van der Waals surface area contributed by atoms with Gasteiger partial charge in [0.1, 0.15) is 5.60 Å². The maximum Gasteiger partial charge on any atom is 0.213 e. The average molecular weight is 179 g/mol. The van der Waals surface area contributed by atoms with Gasteiger partial charge in [-0.25, -0.2) is 4.98 Å². The van der Waals surface area contributed by atoms with Gasteiger partial charge in [0.25, 0.3) is 0 Å². The molecule has 0 saturated heterocycles. The number of ether oxygens (including phenoxy) is 1. The van der Waals surface area contributed by atoms with Crippen molar-refractivity contribution < 1.29 is 4.74 Å². The molecule has 0 aromatic carbocycles. The van der Waals surface area contributed by atoms with Gasteiger partial charge in [-0.3, -0.25) is 0 Å². The fraction of sp³-hybridized carbons (Fsp3) is 0.545. The molecular weight excluding hydrogens is 162 g/mol. The van der Waals surface area contributed by atoms with Crippen LogP contribution in [-0.4, -0.2) is 10.6 Å². The zero-order valence-corrected chi connectivity index (χ0v) is 8.79. The van der Waals surface area contributed by atoms with Gasteiger partial charge >= 0.3 is 0 Å². The molecule has 0 atom stereocenters. The van der Waals surface area contributed by atoms with E-state index in [1.165, 1.54) is 5.56 Å². The molecule has 0 fully saturated rings. The zero-order chi connectivity index (χ0) is 9.90. The summed E-state index contributed by atoms with van der Waals surface area (Å²) in [6.07, 6.45) is 2.88. The summed E-state index contributed by atoms with van der Waals surface area (Å²) in [6.45, 7) is 8.16. The molecule has 0 radical (unpaired) electrons. The van der Waals surface area contributed by atoms with E-state index in [2.05, 4.69) is 11.9 Å². The first-order valence-electron chi connectivity index (χ1n) is 4.65. The number of aromatic nitrogens is 1. The lowest BCUT2D eigenvalue weighted by molar-refractivity contribution is 0.124. The molecule has 0 N–H and O–H groups in total. The molecule has 0 saturated carbocycles. The standard InChI is InChI=1S/C11H17NO/c1-5-9-6-7-10(12-8-9)13-11(2,3)4/h6-8H,5H2,1-4H3. The average Bonchev–Trinajstić information content (AvgIpc) is 2.03. The molecule has 0 amide bonds. The lowest BCUT2D eigenvalue weighted by Gasteiger charge is -2.20. The van der Waals surface area contributed by atoms with Crippen molar-refractivity contribution in [1.29, 1.82) is 0 Å². The molecule has 0 spiro atoms. The van der Waals surface area contributed by atoms with Crippen LogP contribution >= 0.6 is 0 Å². The third-order valence-corrected chi connectivity index (χ3v) is 1.62. The van der Waals surface area contributed by atoms with Gasteiger partial charge in [0.05, 0.1) is 0 Å². The molecule has 1 rings (SSSR count). The summed E-state index contributed by atoms with van der Waals surface area (Å²) in [6, 6.07) is 3.97. The Morgan fingerprint density at radius 3 is 2.38 bits per heavy atom. The Kier molecular flexibility index (Phi) is 2.91. The van der Waals surface area contributed by atoms with Crippen LogP contribution in [0, 0.1) is 0 Å². The van der Waals surface area contributed by atoms with Crippen molar-refractivity contribution >= 4 is 0 Å². The second-order valence-electron chi connectivity index (χ2n) is 4.07. The first-order valence-corrected chi connectivity index (χ1v) is 4.65. The number of hydrogen-bond acceptors (Lipinski definition) is 2. The molecule has 1 aromatic rings. The van der Waals surface area contributed by atoms with E-state index in [0.29, 0.717) is 5.88 Å². The van der Waals surface area contributed by atoms with Gasteiger partial charge in [-0.15, -0.1) is 0 Å². The molecule has 13 heavy (non-hydrogen) atoms. The van der Waals surface area contributed by atoms with E-state index >= 15 is 0 Å². The van der Waals surface area contributed by atoms with Crippen molar-refractivity contribution in [2.45, 2.75) is 39.7 Å². The smallest absolute Gasteiger partial charge is 0.213 e. The van der Waals surface area contributed by atoms with E-state index in [-0.39, 0.29) is 5.60 Å². The summed E-state index contributed by atoms with van der Waals surface area (Å²) >= 11 is 0. The minimum absolute atomic E-state index is 0.166. The van der Waals surface area contributed by atoms with E-state index < -0.39 is 0 Å². The zero-order valence-electron chi connectivity index (χ0n) is 8.79. The maximum atomic E-state index is 5.59. The Hall–Kier alpha value is -1.05. The Balaban J connectivity index is 2.70. The maximum absolute atomic E-state index is 5.59. The van der Waals surface area contributed by atoms with Gasteiger partial charge < -0.3 is 4.74 Å². The molecule has 2 nitrogen and oxygen atoms in total. The first kappa shape index (κ1) is 10.0. The summed E-state index contributed by atoms with van der Waals surface area (Å²) in [5.41, 5.74) is 1.07. The molecule has 0 unspecified atom stereocenters. The van der Waals surface area contributed by atoms with Crippen LogP contribution in [0.15, 0.2) is 18.3 Å². The number of nitrogens with zero attached hydrogens (tertiary/aromatic N) is 1. The molecule has 1 heterocycles. The lowest BCUT2D eigenvalue weighted by Crippen LogP contribution is -2.23. The van der Waals surface area contributed by atoms with Gasteiger partial charge in [-0.05, 0) is 32.8 Å². The van der Waals surface area contributed by atoms with Gasteiger partial charge in [0.15, 0.2) is 0 Å². The molecule has 72 valence electrons. The van der Waals surface area contributed by atoms with Crippen molar-refractivity contribution in [3.63, 3.8) is 0 Å². The topological polar surface area (TPSA) is 22.1 Å². The molecule has 0 bridgehead atoms. The van der Waals surface area contributed by atoms with Crippen molar-refractivity contribution in [2.24, 2.45) is 0 Å². The van der Waals surface area contributed by atoms with Gasteiger partial charge in [-0.1, -0.05) is 13.0 Å². The monoisotopic (exact) mass is 179 g/mol. The highest BCUT2D eigenvalue weighted by atomic mass is 16.5. The van der Waals surface area contributed by atoms with Gasteiger partial charge in [0.2, 0.25) is 5.88 Å². The first-order chi connectivity index (χ1) is 6.01. The molecule has 0 aliphatic rings. The summed E-state index contributed by atoms with van der Waals surface area (Å²) in [5, 5.41) is 0. The third kappa shape index (κ3) is 3.45. The number of aryl methyl sites for hydroxylation is 1. The number of rotatable bonds is 2. The van der Waals surface area contributed by atoms with Crippen molar-refractivity contribution in [3.05, 3.63) is 23.9 Å². The van der Waals surface area contributed by atoms with E-state index in [4.69, 9.17) is 4.74 Å². The summed E-state index contributed by atoms with van der Waals surface area (Å²) in [7, 11) is 0. The second kappa shape index (κ2) is 3.77. The molecule has 0 aliphatic heterocycles. The second-order valence-corrected chi connectivity index (χ2v) is 4.07. The van der Waals surface area contributed by atoms with Gasteiger partial charge in [0, 0.05) is 12.3 Å². The highest BCUT2D eigenvalue weighted by molar-refractivity contribution is 5.18. The lowest BCUT2D eigenvalue weighted by atomic mass is 10.2. The summed E-state index contributed by atoms with van der Waals surface area (Å²) < 4.78 is 5.59. The molecular formula is C11H17NO. The minimum atomic E-state index is -0.166. The predicted octanol–water partition coefficient (Wildman–Crippen LogP) is 2.82.